The van der Waals surface area contributed by atoms with Crippen LogP contribution >= 0.6 is 0 Å². The third-order valence-electron chi connectivity index (χ3n) is 6.00. The molecule has 131 valence electrons. The van der Waals surface area contributed by atoms with Gasteiger partial charge in [-0.3, -0.25) is 0 Å². The van der Waals surface area contributed by atoms with Gasteiger partial charge in [-0.25, -0.2) is 0 Å². The van der Waals surface area contributed by atoms with Crippen LogP contribution in [0.4, 0.5) is 0 Å². The molecule has 0 aliphatic heterocycles. The maximum atomic E-state index is 3.80. The Morgan fingerprint density at radius 1 is 0.852 bits per heavy atom. The molecule has 6 rings (SSSR count). The van der Waals surface area contributed by atoms with Crippen LogP contribution in [-0.4, -0.2) is 0 Å². The van der Waals surface area contributed by atoms with Gasteiger partial charge >= 0.3 is 26.2 Å². The van der Waals surface area contributed by atoms with E-state index in [1.165, 1.54) is 51.8 Å². The Bertz CT molecular complexity index is 1040. The van der Waals surface area contributed by atoms with E-state index in [-0.39, 0.29) is 51.0 Å². The van der Waals surface area contributed by atoms with E-state index in [1.807, 2.05) is 0 Å². The molecule has 3 heteroatoms. The normalized spacial score (nSPS) is 19.3. The van der Waals surface area contributed by atoms with Gasteiger partial charge in [0.25, 0.3) is 0 Å². The van der Waals surface area contributed by atoms with E-state index in [0.29, 0.717) is 11.8 Å². The summed E-state index contributed by atoms with van der Waals surface area (Å²) < 4.78 is 0. The fraction of sp³-hybridized carbons (Fsp3) is 0.167. The van der Waals surface area contributed by atoms with Gasteiger partial charge in [-0.15, -0.1) is 11.1 Å². The summed E-state index contributed by atoms with van der Waals surface area (Å²) in [6, 6.07) is 23.9. The predicted octanol–water partition coefficient (Wildman–Crippen LogP) is -0.291. The first kappa shape index (κ1) is 20.6. The van der Waals surface area contributed by atoms with Crippen LogP contribution < -0.4 is 24.8 Å². The van der Waals surface area contributed by atoms with E-state index in [4.69, 9.17) is 0 Å². The van der Waals surface area contributed by atoms with Gasteiger partial charge in [-0.1, -0.05) is 73.5 Å². The van der Waals surface area contributed by atoms with E-state index in [2.05, 4.69) is 72.8 Å². The van der Waals surface area contributed by atoms with Crippen molar-refractivity contribution in [3.63, 3.8) is 0 Å². The summed E-state index contributed by atoms with van der Waals surface area (Å²) >= 11 is 0. The summed E-state index contributed by atoms with van der Waals surface area (Å²) in [5.41, 5.74) is 11.6. The van der Waals surface area contributed by atoms with Crippen molar-refractivity contribution in [2.75, 3.05) is 0 Å². The fourth-order valence-corrected chi connectivity index (χ4v) is 4.97. The summed E-state index contributed by atoms with van der Waals surface area (Å²) in [5.74, 6) is 0.970. The first-order valence-electron chi connectivity index (χ1n) is 8.85. The minimum absolute atomic E-state index is 0. The Labute approximate surface area is 192 Å². The van der Waals surface area contributed by atoms with Gasteiger partial charge in [0.2, 0.25) is 0 Å². The summed E-state index contributed by atoms with van der Waals surface area (Å²) in [5, 5.41) is 0. The first-order valence-corrected chi connectivity index (χ1v) is 8.85. The molecule has 3 aliphatic rings. The second-order valence-corrected chi connectivity index (χ2v) is 7.17. The maximum Gasteiger partial charge on any atom is 3.00 e. The molecule has 3 aromatic rings. The summed E-state index contributed by atoms with van der Waals surface area (Å²) in [7, 11) is 0. The third kappa shape index (κ3) is 2.91. The molecule has 27 heavy (non-hydrogen) atoms. The van der Waals surface area contributed by atoms with Gasteiger partial charge in [-0.05, 0) is 28.2 Å². The number of benzene rings is 3. The Morgan fingerprint density at radius 3 is 2.44 bits per heavy atom. The molecule has 3 aliphatic carbocycles. The Morgan fingerprint density at radius 2 is 1.59 bits per heavy atom. The second kappa shape index (κ2) is 7.71. The van der Waals surface area contributed by atoms with Crippen LogP contribution in [0, 0.1) is 6.07 Å². The van der Waals surface area contributed by atoms with Crippen molar-refractivity contribution in [3.05, 3.63) is 100 Å². The molecule has 2 unspecified atom stereocenters. The van der Waals surface area contributed by atoms with E-state index in [9.17, 15) is 0 Å². The van der Waals surface area contributed by atoms with E-state index < -0.39 is 0 Å². The van der Waals surface area contributed by atoms with Crippen LogP contribution in [0.5, 0.6) is 0 Å². The molecule has 0 heterocycles. The molecular weight excluding hydrogens is 450 g/mol. The Kier molecular flexibility index (Phi) is 5.88. The van der Waals surface area contributed by atoms with Crippen LogP contribution in [0.1, 0.15) is 51.6 Å². The maximum absolute atomic E-state index is 3.80. The van der Waals surface area contributed by atoms with Crippen molar-refractivity contribution in [2.24, 2.45) is 0 Å². The molecule has 0 saturated heterocycles. The molecule has 0 aromatic heterocycles. The van der Waals surface area contributed by atoms with Crippen molar-refractivity contribution < 1.29 is 51.0 Å². The van der Waals surface area contributed by atoms with E-state index in [1.54, 1.807) is 5.56 Å². The minimum Gasteiger partial charge on any atom is -1.00 e. The minimum atomic E-state index is 0. The molecule has 0 amide bonds. The summed E-state index contributed by atoms with van der Waals surface area (Å²) in [6.07, 6.45) is 7.02. The van der Waals surface area contributed by atoms with Gasteiger partial charge in [-0.2, -0.15) is 23.3 Å². The van der Waals surface area contributed by atoms with Gasteiger partial charge in [0, 0.05) is 5.92 Å². The number of rotatable bonds is 1. The van der Waals surface area contributed by atoms with Crippen molar-refractivity contribution in [1.82, 2.24) is 0 Å². The van der Waals surface area contributed by atoms with E-state index in [0.717, 1.165) is 0 Å². The molecular formula is C24H17Cl2Zr. The number of fused-ring (bicyclic) bond motifs is 4. The molecule has 2 atom stereocenters. The molecule has 0 fully saturated rings. The average molecular weight is 468 g/mol. The Balaban J connectivity index is 0.000000701. The first-order chi connectivity index (χ1) is 11.9. The van der Waals surface area contributed by atoms with Crippen molar-refractivity contribution in [3.8, 4) is 11.1 Å². The quantitative estimate of drug-likeness (QED) is 0.432. The Hall–Kier alpha value is -1.14. The zero-order valence-electron chi connectivity index (χ0n) is 14.7. The van der Waals surface area contributed by atoms with Gasteiger partial charge in [0.15, 0.2) is 0 Å². The molecule has 0 bridgehead atoms. The summed E-state index contributed by atoms with van der Waals surface area (Å²) in [4.78, 5) is 0. The summed E-state index contributed by atoms with van der Waals surface area (Å²) in [6.45, 7) is 0. The fourth-order valence-electron chi connectivity index (χ4n) is 4.97. The SMILES string of the molecule is [Cl-].[Cl-].[Zr+3].[c-]1c(C2C=Cc3ccccc32)cc2c3c1CCC3c1ccccc1-2. The molecule has 0 N–H and O–H groups in total. The van der Waals surface area contributed by atoms with Crippen molar-refractivity contribution in [2.45, 2.75) is 24.7 Å². The number of hydrogen-bond acceptors (Lipinski definition) is 0. The topological polar surface area (TPSA) is 0 Å². The number of allylic oxidation sites excluding steroid dienone is 1. The van der Waals surface area contributed by atoms with Crippen LogP contribution in [0.2, 0.25) is 0 Å². The molecule has 0 spiro atoms. The zero-order valence-corrected chi connectivity index (χ0v) is 18.6. The van der Waals surface area contributed by atoms with Crippen LogP contribution in [-0.2, 0) is 32.6 Å². The van der Waals surface area contributed by atoms with Crippen LogP contribution in [0.25, 0.3) is 17.2 Å². The van der Waals surface area contributed by atoms with Crippen molar-refractivity contribution in [1.29, 1.82) is 0 Å². The van der Waals surface area contributed by atoms with E-state index >= 15 is 0 Å². The number of halogens is 2. The smallest absolute Gasteiger partial charge is 1.00 e. The van der Waals surface area contributed by atoms with Crippen LogP contribution in [0.15, 0.2) is 60.7 Å². The molecule has 0 saturated carbocycles. The van der Waals surface area contributed by atoms with Gasteiger partial charge in [0.1, 0.15) is 0 Å². The number of aryl methyl sites for hydroxylation is 1. The third-order valence-corrected chi connectivity index (χ3v) is 6.00. The monoisotopic (exact) mass is 465 g/mol. The second-order valence-electron chi connectivity index (χ2n) is 7.17. The molecule has 1 radical (unpaired) electrons. The predicted molar refractivity (Wildman–Crippen MR) is 98.2 cm³/mol. The van der Waals surface area contributed by atoms with Crippen molar-refractivity contribution >= 4 is 6.08 Å². The zero-order chi connectivity index (χ0) is 15.7. The largest absolute Gasteiger partial charge is 3.00 e. The molecule has 0 nitrogen and oxygen atoms in total. The van der Waals surface area contributed by atoms with Crippen LogP contribution in [0.3, 0.4) is 0 Å². The molecule has 3 aromatic carbocycles. The van der Waals surface area contributed by atoms with Gasteiger partial charge in [0.05, 0.1) is 0 Å². The standard InChI is InChI=1S/C24H17.2ClH.Zr/c1-2-6-18-15(5-1)9-11-19(18)17-13-16-10-12-22-20-7-3-4-8-21(20)23(14-17)24(16)22;;;/h1-9,11,14,19,22H,10,12H2;2*1H;/q-1;;;+3/p-2. The average Bonchev–Trinajstić information content (AvgIpc) is 3.32. The number of hydrogen-bond donors (Lipinski definition) is 0. The van der Waals surface area contributed by atoms with Gasteiger partial charge < -0.3 is 24.8 Å².